The summed E-state index contributed by atoms with van der Waals surface area (Å²) in [5, 5.41) is 33.6. The topological polar surface area (TPSA) is 140 Å². The summed E-state index contributed by atoms with van der Waals surface area (Å²) in [7, 11) is 0. The maximum atomic E-state index is 13.5. The number of rotatable bonds is 8. The Bertz CT molecular complexity index is 1900. The van der Waals surface area contributed by atoms with Crippen LogP contribution in [0, 0.1) is 0 Å². The summed E-state index contributed by atoms with van der Waals surface area (Å²) in [5.74, 6) is 2.15. The Hall–Kier alpha value is -4.91. The lowest BCUT2D eigenvalue weighted by Crippen LogP contribution is -2.38. The number of aromatic nitrogens is 7. The molecule has 5 heterocycles. The molecule has 0 bridgehead atoms. The molecule has 2 aliphatic rings. The third kappa shape index (κ3) is 6.34. The first-order valence-electron chi connectivity index (χ1n) is 16.9. The predicted molar refractivity (Wildman–Crippen MR) is 183 cm³/mol. The summed E-state index contributed by atoms with van der Waals surface area (Å²) in [5.41, 5.74) is 4.18. The number of benzene rings is 1. The summed E-state index contributed by atoms with van der Waals surface area (Å²) >= 11 is 0. The number of carbonyl (C=O) groups excluding carboxylic acids is 1. The van der Waals surface area contributed by atoms with Crippen LogP contribution in [0.2, 0.25) is 0 Å². The maximum Gasteiger partial charge on any atom is 0.320 e. The molecule has 0 saturated carbocycles. The average Bonchev–Trinajstić information content (AvgIpc) is 3.81. The second-order valence-corrected chi connectivity index (χ2v) is 13.9. The van der Waals surface area contributed by atoms with Gasteiger partial charge in [-0.1, -0.05) is 45.0 Å². The van der Waals surface area contributed by atoms with E-state index in [0.29, 0.717) is 30.5 Å². The van der Waals surface area contributed by atoms with Crippen molar-refractivity contribution in [3.63, 3.8) is 0 Å². The molecule has 2 amide bonds. The van der Waals surface area contributed by atoms with Crippen LogP contribution >= 0.6 is 0 Å². The number of amides is 2. The lowest BCUT2D eigenvalue weighted by atomic mass is 9.85. The van der Waals surface area contributed by atoms with Gasteiger partial charge in [0.05, 0.1) is 43.5 Å². The fourth-order valence-electron chi connectivity index (χ4n) is 6.74. The second kappa shape index (κ2) is 12.9. The van der Waals surface area contributed by atoms with Crippen molar-refractivity contribution in [2.45, 2.75) is 89.9 Å². The summed E-state index contributed by atoms with van der Waals surface area (Å²) in [6, 6.07) is 13.9. The lowest BCUT2D eigenvalue weighted by Gasteiger charge is -2.33. The third-order valence-electron chi connectivity index (χ3n) is 9.35. The van der Waals surface area contributed by atoms with Gasteiger partial charge in [-0.05, 0) is 62.3 Å². The minimum atomic E-state index is -0.323. The standard InChI is InChI=1S/C35H44N10O3/c1-23-9-7-8-16-43(23)34-40-39-31-15-12-25(22-44(31)34)48-29-14-13-28(26-10-5-6-11-27(26)29)37-33(47)38-32-19-30(35(2,3)4)41-45(32)24-20-36-42(21-24)17-18-46/h5-6,10-12,15,19-23,28-29,46H,7-9,13-14,16-18H2,1-4H3,(H2,37,38,47)/t23-,28-,29+/m0/s1. The van der Waals surface area contributed by atoms with Gasteiger partial charge < -0.3 is 20.1 Å². The van der Waals surface area contributed by atoms with E-state index < -0.39 is 0 Å². The molecule has 1 aliphatic carbocycles. The molecule has 0 radical (unpaired) electrons. The molecule has 0 unspecified atom stereocenters. The van der Waals surface area contributed by atoms with Crippen LogP contribution in [0.5, 0.6) is 5.75 Å². The van der Waals surface area contributed by atoms with E-state index in [-0.39, 0.29) is 30.2 Å². The lowest BCUT2D eigenvalue weighted by molar-refractivity contribution is 0.171. The fourth-order valence-corrected chi connectivity index (χ4v) is 6.74. The minimum Gasteiger partial charge on any atom is -0.484 e. The number of carbonyl (C=O) groups is 1. The number of ether oxygens (including phenoxy) is 1. The van der Waals surface area contributed by atoms with E-state index in [1.54, 1.807) is 21.8 Å². The quantitative estimate of drug-likeness (QED) is 0.198. The number of aliphatic hydroxyl groups is 1. The highest BCUT2D eigenvalue weighted by Gasteiger charge is 2.31. The van der Waals surface area contributed by atoms with E-state index in [0.717, 1.165) is 60.0 Å². The molecular weight excluding hydrogens is 608 g/mol. The molecule has 1 fully saturated rings. The van der Waals surface area contributed by atoms with Gasteiger partial charge in [-0.15, -0.1) is 10.2 Å². The zero-order valence-corrected chi connectivity index (χ0v) is 28.0. The zero-order chi connectivity index (χ0) is 33.4. The van der Waals surface area contributed by atoms with Gasteiger partial charge in [0.25, 0.3) is 0 Å². The van der Waals surface area contributed by atoms with Crippen molar-refractivity contribution < 1.29 is 14.6 Å². The van der Waals surface area contributed by atoms with Gasteiger partial charge in [0.2, 0.25) is 5.95 Å². The number of hydrogen-bond donors (Lipinski definition) is 3. The number of nitrogens with zero attached hydrogens (tertiary/aromatic N) is 8. The maximum absolute atomic E-state index is 13.5. The molecule has 4 aromatic heterocycles. The Kier molecular flexibility index (Phi) is 8.54. The molecule has 0 spiro atoms. The van der Waals surface area contributed by atoms with Crippen LogP contribution < -0.4 is 20.3 Å². The van der Waals surface area contributed by atoms with Crippen LogP contribution in [0.1, 0.15) is 88.8 Å². The van der Waals surface area contributed by atoms with Crippen molar-refractivity contribution in [2.24, 2.45) is 0 Å². The molecule has 1 aliphatic heterocycles. The van der Waals surface area contributed by atoms with Crippen LogP contribution in [0.3, 0.4) is 0 Å². The highest BCUT2D eigenvalue weighted by atomic mass is 16.5. The van der Waals surface area contributed by atoms with Gasteiger partial charge in [-0.2, -0.15) is 10.2 Å². The molecule has 13 heteroatoms. The van der Waals surface area contributed by atoms with Gasteiger partial charge >= 0.3 is 6.03 Å². The Balaban J connectivity index is 1.08. The number of pyridine rings is 1. The molecule has 1 saturated heterocycles. The molecular formula is C35H44N10O3. The number of urea groups is 1. The third-order valence-corrected chi connectivity index (χ3v) is 9.35. The van der Waals surface area contributed by atoms with Gasteiger partial charge in [0, 0.05) is 24.1 Å². The van der Waals surface area contributed by atoms with Crippen molar-refractivity contribution >= 4 is 23.4 Å². The Labute approximate surface area is 279 Å². The van der Waals surface area contributed by atoms with Crippen molar-refractivity contribution in [3.8, 4) is 11.4 Å². The summed E-state index contributed by atoms with van der Waals surface area (Å²) < 4.78 is 12.0. The van der Waals surface area contributed by atoms with Crippen molar-refractivity contribution in [2.75, 3.05) is 23.4 Å². The first-order valence-corrected chi connectivity index (χ1v) is 16.9. The SMILES string of the molecule is C[C@H]1CCCCN1c1nnc2ccc(O[C@@H]3CC[C@H](NC(=O)Nc4cc(C(C)(C)C)nn4-c4cnn(CCO)c4)c4ccccc43)cn12. The number of anilines is 2. The second-order valence-electron chi connectivity index (χ2n) is 13.9. The van der Waals surface area contributed by atoms with Crippen LogP contribution in [-0.4, -0.2) is 64.5 Å². The molecule has 7 rings (SSSR count). The smallest absolute Gasteiger partial charge is 0.320 e. The monoisotopic (exact) mass is 652 g/mol. The van der Waals surface area contributed by atoms with E-state index >= 15 is 0 Å². The van der Waals surface area contributed by atoms with E-state index in [1.807, 2.05) is 40.9 Å². The first kappa shape index (κ1) is 31.7. The molecule has 13 nitrogen and oxygen atoms in total. The Morgan fingerprint density at radius 1 is 1.04 bits per heavy atom. The Morgan fingerprint density at radius 3 is 2.67 bits per heavy atom. The summed E-state index contributed by atoms with van der Waals surface area (Å²) in [6.07, 6.45) is 10.3. The summed E-state index contributed by atoms with van der Waals surface area (Å²) in [4.78, 5) is 15.9. The van der Waals surface area contributed by atoms with E-state index in [2.05, 4.69) is 70.7 Å². The molecule has 3 N–H and O–H groups in total. The largest absolute Gasteiger partial charge is 0.484 e. The first-order chi connectivity index (χ1) is 23.2. The number of hydrogen-bond acceptors (Lipinski definition) is 8. The van der Waals surface area contributed by atoms with Crippen LogP contribution in [0.15, 0.2) is 61.1 Å². The van der Waals surface area contributed by atoms with Gasteiger partial charge in [-0.3, -0.25) is 14.4 Å². The molecule has 3 atom stereocenters. The molecule has 1 aromatic carbocycles. The molecule has 48 heavy (non-hydrogen) atoms. The average molecular weight is 653 g/mol. The fraction of sp³-hybridized carbons (Fsp3) is 0.457. The predicted octanol–water partition coefficient (Wildman–Crippen LogP) is 5.56. The number of fused-ring (bicyclic) bond motifs is 2. The zero-order valence-electron chi connectivity index (χ0n) is 28.0. The highest BCUT2D eigenvalue weighted by molar-refractivity contribution is 5.89. The number of piperidine rings is 1. The van der Waals surface area contributed by atoms with E-state index in [9.17, 15) is 9.90 Å². The van der Waals surface area contributed by atoms with E-state index in [4.69, 9.17) is 9.84 Å². The van der Waals surface area contributed by atoms with Crippen LogP contribution in [-0.2, 0) is 12.0 Å². The van der Waals surface area contributed by atoms with Gasteiger partial charge in [-0.25, -0.2) is 9.48 Å². The number of aliphatic hydroxyl groups excluding tert-OH is 1. The highest BCUT2D eigenvalue weighted by Crippen LogP contribution is 2.39. The van der Waals surface area contributed by atoms with Gasteiger partial charge in [0.15, 0.2) is 5.65 Å². The van der Waals surface area contributed by atoms with E-state index in [1.165, 1.54) is 6.42 Å². The normalized spacial score (nSPS) is 19.7. The van der Waals surface area contributed by atoms with Gasteiger partial charge in [0.1, 0.15) is 23.4 Å². The van der Waals surface area contributed by atoms with Crippen molar-refractivity contribution in [1.82, 2.24) is 39.5 Å². The minimum absolute atomic E-state index is 0.0218. The number of nitrogens with one attached hydrogen (secondary N) is 2. The van der Waals surface area contributed by atoms with Crippen molar-refractivity contribution in [3.05, 3.63) is 77.9 Å². The van der Waals surface area contributed by atoms with Crippen LogP contribution in [0.25, 0.3) is 11.3 Å². The van der Waals surface area contributed by atoms with Crippen molar-refractivity contribution in [1.29, 1.82) is 0 Å². The summed E-state index contributed by atoms with van der Waals surface area (Å²) in [6.45, 7) is 9.80. The Morgan fingerprint density at radius 2 is 1.88 bits per heavy atom. The molecule has 5 aromatic rings. The molecule has 252 valence electrons. The van der Waals surface area contributed by atoms with Crippen LogP contribution in [0.4, 0.5) is 16.6 Å².